The fourth-order valence-corrected chi connectivity index (χ4v) is 9.15. The molecule has 0 saturated carbocycles. The van der Waals surface area contributed by atoms with Crippen LogP contribution in [0.15, 0.2) is 12.2 Å². The molecule has 0 aromatic carbocycles. The highest BCUT2D eigenvalue weighted by molar-refractivity contribution is 5.70. The average Bonchev–Trinajstić information content (AvgIpc) is 3.30. The van der Waals surface area contributed by atoms with Gasteiger partial charge in [0.05, 0.1) is 6.61 Å². The number of hydrogen-bond donors (Lipinski definition) is 1. The van der Waals surface area contributed by atoms with Crippen molar-refractivity contribution in [3.05, 3.63) is 12.2 Å². The van der Waals surface area contributed by atoms with E-state index < -0.39 is 6.10 Å². The minimum Gasteiger partial charge on any atom is -0.462 e. The molecule has 1 atom stereocenters. The Hall–Kier alpha value is -1.36. The lowest BCUT2D eigenvalue weighted by Crippen LogP contribution is -2.28. The first kappa shape index (κ1) is 62.6. The fourth-order valence-electron chi connectivity index (χ4n) is 9.15. The van der Waals surface area contributed by atoms with Crippen LogP contribution < -0.4 is 0 Å². The number of carbonyl (C=O) groups is 2. The van der Waals surface area contributed by atoms with E-state index in [1.54, 1.807) is 0 Å². The van der Waals surface area contributed by atoms with Crippen molar-refractivity contribution in [3.8, 4) is 0 Å². The molecule has 1 N–H and O–H groups in total. The van der Waals surface area contributed by atoms with Gasteiger partial charge in [-0.25, -0.2) is 0 Å². The Bertz CT molecular complexity index is 932. The summed E-state index contributed by atoms with van der Waals surface area (Å²) in [7, 11) is 0. The molecule has 0 aromatic rings. The van der Waals surface area contributed by atoms with Crippen molar-refractivity contribution in [1.29, 1.82) is 0 Å². The van der Waals surface area contributed by atoms with E-state index in [1.807, 2.05) is 0 Å². The maximum atomic E-state index is 12.2. The summed E-state index contributed by atoms with van der Waals surface area (Å²) >= 11 is 0. The summed E-state index contributed by atoms with van der Waals surface area (Å²) in [6, 6.07) is 0. The first-order valence-corrected chi connectivity index (χ1v) is 29.2. The van der Waals surface area contributed by atoms with Gasteiger partial charge >= 0.3 is 11.9 Å². The molecule has 0 aliphatic rings. The van der Waals surface area contributed by atoms with Gasteiger partial charge in [0.25, 0.3) is 0 Å². The number of hydrogen-bond acceptors (Lipinski definition) is 5. The Morgan fingerprint density at radius 1 is 0.344 bits per heavy atom. The van der Waals surface area contributed by atoms with E-state index >= 15 is 0 Å². The van der Waals surface area contributed by atoms with Gasteiger partial charge in [0, 0.05) is 12.8 Å². The quantitative estimate of drug-likeness (QED) is 0.0374. The largest absolute Gasteiger partial charge is 0.462 e. The van der Waals surface area contributed by atoms with Crippen LogP contribution in [0.25, 0.3) is 0 Å². The summed E-state index contributed by atoms with van der Waals surface area (Å²) in [5, 5.41) is 9.58. The zero-order chi connectivity index (χ0) is 46.3. The Morgan fingerprint density at radius 3 is 0.906 bits per heavy atom. The molecule has 0 heterocycles. The molecule has 0 bridgehead atoms. The predicted molar refractivity (Wildman–Crippen MR) is 279 cm³/mol. The van der Waals surface area contributed by atoms with Crippen molar-refractivity contribution >= 4 is 11.9 Å². The first-order chi connectivity index (χ1) is 31.6. The maximum absolute atomic E-state index is 12.2. The molecule has 5 heteroatoms. The van der Waals surface area contributed by atoms with E-state index in [2.05, 4.69) is 26.0 Å². The van der Waals surface area contributed by atoms with Crippen LogP contribution in [-0.4, -0.2) is 36.4 Å². The highest BCUT2D eigenvalue weighted by Crippen LogP contribution is 2.18. The van der Waals surface area contributed by atoms with Gasteiger partial charge in [-0.15, -0.1) is 0 Å². The Morgan fingerprint density at radius 2 is 0.609 bits per heavy atom. The molecule has 5 nitrogen and oxygen atoms in total. The number of aliphatic hydroxyl groups excluding tert-OH is 1. The predicted octanol–water partition coefficient (Wildman–Crippen LogP) is 19.5. The smallest absolute Gasteiger partial charge is 0.306 e. The second-order valence-electron chi connectivity index (χ2n) is 20.1. The Kier molecular flexibility index (Phi) is 54.8. The molecule has 0 fully saturated rings. The van der Waals surface area contributed by atoms with E-state index in [0.717, 1.165) is 44.9 Å². The van der Waals surface area contributed by atoms with Crippen LogP contribution in [0.4, 0.5) is 0 Å². The summed E-state index contributed by atoms with van der Waals surface area (Å²) < 4.78 is 10.6. The van der Waals surface area contributed by atoms with Gasteiger partial charge in [0.1, 0.15) is 6.61 Å². The van der Waals surface area contributed by atoms with Crippen LogP contribution in [0.1, 0.15) is 335 Å². The molecule has 0 rings (SSSR count). The zero-order valence-corrected chi connectivity index (χ0v) is 43.6. The van der Waals surface area contributed by atoms with Crippen molar-refractivity contribution in [2.24, 2.45) is 0 Å². The van der Waals surface area contributed by atoms with Gasteiger partial charge < -0.3 is 14.6 Å². The van der Waals surface area contributed by atoms with Crippen LogP contribution >= 0.6 is 0 Å². The van der Waals surface area contributed by atoms with Crippen molar-refractivity contribution in [2.75, 3.05) is 13.2 Å². The van der Waals surface area contributed by atoms with Crippen LogP contribution in [0.5, 0.6) is 0 Å². The second-order valence-corrected chi connectivity index (χ2v) is 20.1. The molecule has 0 saturated heterocycles. The number of allylic oxidation sites excluding steroid dienone is 2. The third kappa shape index (κ3) is 53.3. The van der Waals surface area contributed by atoms with Crippen LogP contribution in [0.3, 0.4) is 0 Å². The molecule has 0 spiro atoms. The highest BCUT2D eigenvalue weighted by atomic mass is 16.6. The van der Waals surface area contributed by atoms with Crippen LogP contribution in [0, 0.1) is 0 Å². The third-order valence-corrected chi connectivity index (χ3v) is 13.5. The fraction of sp³-hybridized carbons (Fsp3) is 0.932. The normalized spacial score (nSPS) is 12.1. The first-order valence-electron chi connectivity index (χ1n) is 29.2. The van der Waals surface area contributed by atoms with Crippen molar-refractivity contribution in [2.45, 2.75) is 341 Å². The van der Waals surface area contributed by atoms with Gasteiger partial charge in [-0.2, -0.15) is 0 Å². The summed E-state index contributed by atoms with van der Waals surface area (Å²) in [6.07, 6.45) is 69.6. The molecule has 0 aromatic heterocycles. The van der Waals surface area contributed by atoms with E-state index in [0.29, 0.717) is 12.8 Å². The molecule has 0 aliphatic heterocycles. The van der Waals surface area contributed by atoms with Crippen molar-refractivity contribution < 1.29 is 24.2 Å². The molecular weight excluding hydrogens is 789 g/mol. The number of ether oxygens (including phenoxy) is 2. The lowest BCUT2D eigenvalue weighted by molar-refractivity contribution is -0.161. The summed E-state index contributed by atoms with van der Waals surface area (Å²) in [5.41, 5.74) is 0. The molecule has 380 valence electrons. The number of esters is 2. The van der Waals surface area contributed by atoms with Gasteiger partial charge in [0.15, 0.2) is 6.10 Å². The van der Waals surface area contributed by atoms with Gasteiger partial charge in [-0.3, -0.25) is 9.59 Å². The van der Waals surface area contributed by atoms with Crippen molar-refractivity contribution in [1.82, 2.24) is 0 Å². The van der Waals surface area contributed by atoms with Gasteiger partial charge in [-0.1, -0.05) is 302 Å². The Balaban J connectivity index is 3.29. The molecular formula is C59H114O5. The molecule has 1 unspecified atom stereocenters. The van der Waals surface area contributed by atoms with E-state index in [9.17, 15) is 14.7 Å². The van der Waals surface area contributed by atoms with Crippen LogP contribution in [-0.2, 0) is 19.1 Å². The summed E-state index contributed by atoms with van der Waals surface area (Å²) in [4.78, 5) is 24.3. The molecule has 64 heavy (non-hydrogen) atoms. The number of rotatable bonds is 55. The van der Waals surface area contributed by atoms with Crippen molar-refractivity contribution in [3.63, 3.8) is 0 Å². The van der Waals surface area contributed by atoms with Crippen LogP contribution in [0.2, 0.25) is 0 Å². The summed E-state index contributed by atoms with van der Waals surface area (Å²) in [5.74, 6) is -0.588. The SMILES string of the molecule is CCC/C=C\CCCCCCCC(=O)OC(CO)COC(=O)CCCCCCCCCCCCCCCCCCCCCCCCCCCCCCCCCCCCCCCCCC. The number of aliphatic hydroxyl groups is 1. The van der Waals surface area contributed by atoms with E-state index in [4.69, 9.17) is 9.47 Å². The maximum Gasteiger partial charge on any atom is 0.306 e. The minimum absolute atomic E-state index is 0.0631. The minimum atomic E-state index is -0.770. The third-order valence-electron chi connectivity index (χ3n) is 13.5. The molecule has 0 radical (unpaired) electrons. The zero-order valence-electron chi connectivity index (χ0n) is 43.6. The molecule has 0 amide bonds. The molecule has 0 aliphatic carbocycles. The van der Waals surface area contributed by atoms with Gasteiger partial charge in [-0.05, 0) is 32.1 Å². The second kappa shape index (κ2) is 56.0. The van der Waals surface area contributed by atoms with E-state index in [-0.39, 0.29) is 25.2 Å². The monoisotopic (exact) mass is 903 g/mol. The van der Waals surface area contributed by atoms with Gasteiger partial charge in [0.2, 0.25) is 0 Å². The van der Waals surface area contributed by atoms with E-state index in [1.165, 1.54) is 263 Å². The number of unbranched alkanes of at least 4 members (excludes halogenated alkanes) is 45. The lowest BCUT2D eigenvalue weighted by Gasteiger charge is -2.15. The topological polar surface area (TPSA) is 72.8 Å². The number of carbonyl (C=O) groups excluding carboxylic acids is 2. The Labute approximate surface area is 401 Å². The average molecular weight is 904 g/mol. The standard InChI is InChI=1S/C59H114O5/c1-3-5-7-9-11-13-15-16-17-18-19-20-21-22-23-24-25-26-27-28-29-30-31-32-33-34-35-36-37-38-39-40-41-42-43-44-46-47-49-51-53-58(61)63-56-57(55-60)64-59(62)54-52-50-48-45-14-12-10-8-6-4-2/h8,10,57,60H,3-7,9,11-56H2,1-2H3/b10-8-. The highest BCUT2D eigenvalue weighted by Gasteiger charge is 2.16. The summed E-state index contributed by atoms with van der Waals surface area (Å²) in [6.45, 7) is 4.11. The lowest BCUT2D eigenvalue weighted by atomic mass is 10.0.